The first-order valence-corrected chi connectivity index (χ1v) is 11.3. The Bertz CT molecular complexity index is 1070. The third-order valence-electron chi connectivity index (χ3n) is 4.53. The molecule has 2 amide bonds. The summed E-state index contributed by atoms with van der Waals surface area (Å²) in [4.78, 5) is 33.6. The van der Waals surface area contributed by atoms with E-state index in [0.717, 1.165) is 22.4 Å². The van der Waals surface area contributed by atoms with Gasteiger partial charge in [0.2, 0.25) is 5.91 Å². The van der Waals surface area contributed by atoms with Gasteiger partial charge in [-0.05, 0) is 56.0 Å². The van der Waals surface area contributed by atoms with Crippen molar-refractivity contribution in [2.45, 2.75) is 46.3 Å². The van der Waals surface area contributed by atoms with Crippen LogP contribution >= 0.6 is 11.3 Å². The maximum absolute atomic E-state index is 12.8. The van der Waals surface area contributed by atoms with Crippen molar-refractivity contribution in [3.8, 4) is 22.4 Å². The summed E-state index contributed by atoms with van der Waals surface area (Å²) >= 11 is 1.34. The quantitative estimate of drug-likeness (QED) is 0.525. The molecular weight excluding hydrogens is 424 g/mol. The van der Waals surface area contributed by atoms with Gasteiger partial charge in [-0.25, -0.2) is 9.78 Å². The van der Waals surface area contributed by atoms with Gasteiger partial charge in [0.15, 0.2) is 5.13 Å². The van der Waals surface area contributed by atoms with Gasteiger partial charge in [-0.3, -0.25) is 9.78 Å². The number of anilines is 1. The number of ether oxygens (including phenoxy) is 1. The van der Waals surface area contributed by atoms with Crippen LogP contribution in [0.15, 0.2) is 54.2 Å². The smallest absolute Gasteiger partial charge is 0.408 e. The summed E-state index contributed by atoms with van der Waals surface area (Å²) in [5.74, 6) is -0.462. The molecule has 3 aromatic rings. The number of nitrogens with zero attached hydrogens (tertiary/aromatic N) is 2. The van der Waals surface area contributed by atoms with Crippen LogP contribution < -0.4 is 10.6 Å². The fraction of sp³-hybridized carbons (Fsp3) is 0.333. The SMILES string of the molecule is CC(C)C(NC(=O)OC(C)(C)C)C(=O)Nc1nc(-c2cccc(-c3ccncc3)c2)cs1. The lowest BCUT2D eigenvalue weighted by Gasteiger charge is -2.24. The fourth-order valence-electron chi connectivity index (χ4n) is 3.02. The number of benzene rings is 1. The van der Waals surface area contributed by atoms with Crippen molar-refractivity contribution in [2.24, 2.45) is 5.92 Å². The lowest BCUT2D eigenvalue weighted by atomic mass is 10.0. The van der Waals surface area contributed by atoms with Crippen molar-refractivity contribution in [3.05, 3.63) is 54.2 Å². The number of amides is 2. The highest BCUT2D eigenvalue weighted by Gasteiger charge is 2.27. The molecule has 0 bridgehead atoms. The van der Waals surface area contributed by atoms with Crippen LogP contribution in [0.1, 0.15) is 34.6 Å². The average molecular weight is 453 g/mol. The molecule has 0 spiro atoms. The highest BCUT2D eigenvalue weighted by atomic mass is 32.1. The van der Waals surface area contributed by atoms with Crippen molar-refractivity contribution in [2.75, 3.05) is 5.32 Å². The second-order valence-electron chi connectivity index (χ2n) is 8.71. The van der Waals surface area contributed by atoms with Crippen molar-refractivity contribution in [1.82, 2.24) is 15.3 Å². The number of aromatic nitrogens is 2. The Balaban J connectivity index is 1.71. The Labute approximate surface area is 192 Å². The Morgan fingerprint density at radius 1 is 1.03 bits per heavy atom. The van der Waals surface area contributed by atoms with Gasteiger partial charge in [0.1, 0.15) is 11.6 Å². The standard InChI is InChI=1S/C24H28N4O3S/c1-15(2)20(27-23(30)31-24(3,4)5)21(29)28-22-26-19(14-32-22)18-8-6-7-17(13-18)16-9-11-25-12-10-16/h6-15,20H,1-5H3,(H,27,30)(H,26,28,29). The molecule has 1 aromatic carbocycles. The average Bonchev–Trinajstić information content (AvgIpc) is 3.19. The number of nitrogens with one attached hydrogen (secondary N) is 2. The largest absolute Gasteiger partial charge is 0.444 e. The van der Waals surface area contributed by atoms with E-state index >= 15 is 0 Å². The van der Waals surface area contributed by atoms with Crippen LogP contribution in [0.5, 0.6) is 0 Å². The van der Waals surface area contributed by atoms with Gasteiger partial charge in [0.05, 0.1) is 5.69 Å². The first-order chi connectivity index (χ1) is 15.1. The Morgan fingerprint density at radius 2 is 1.72 bits per heavy atom. The van der Waals surface area contributed by atoms with E-state index < -0.39 is 17.7 Å². The van der Waals surface area contributed by atoms with Crippen molar-refractivity contribution < 1.29 is 14.3 Å². The maximum atomic E-state index is 12.8. The number of carbonyl (C=O) groups excluding carboxylic acids is 2. The molecule has 1 atom stereocenters. The number of alkyl carbamates (subject to hydrolysis) is 1. The summed E-state index contributed by atoms with van der Waals surface area (Å²) in [5, 5.41) is 7.84. The van der Waals surface area contributed by atoms with Gasteiger partial charge in [0.25, 0.3) is 0 Å². The third-order valence-corrected chi connectivity index (χ3v) is 5.29. The summed E-state index contributed by atoms with van der Waals surface area (Å²) < 4.78 is 5.28. The zero-order valence-corrected chi connectivity index (χ0v) is 19.7. The molecule has 2 aromatic heterocycles. The van der Waals surface area contributed by atoms with Crippen molar-refractivity contribution >= 4 is 28.5 Å². The number of carbonyl (C=O) groups is 2. The zero-order chi connectivity index (χ0) is 23.3. The van der Waals surface area contributed by atoms with Gasteiger partial charge in [0, 0.05) is 23.3 Å². The summed E-state index contributed by atoms with van der Waals surface area (Å²) in [5.41, 5.74) is 3.20. The number of thiazole rings is 1. The van der Waals surface area contributed by atoms with Crippen molar-refractivity contribution in [1.29, 1.82) is 0 Å². The second-order valence-corrected chi connectivity index (χ2v) is 9.57. The number of pyridine rings is 1. The molecule has 0 saturated heterocycles. The molecule has 0 fully saturated rings. The van der Waals surface area contributed by atoms with E-state index in [4.69, 9.17) is 4.74 Å². The van der Waals surface area contributed by atoms with Crippen LogP contribution in [-0.4, -0.2) is 33.6 Å². The molecule has 8 heteroatoms. The van der Waals surface area contributed by atoms with E-state index in [9.17, 15) is 9.59 Å². The molecule has 3 rings (SSSR count). The monoisotopic (exact) mass is 452 g/mol. The van der Waals surface area contributed by atoms with Crippen molar-refractivity contribution in [3.63, 3.8) is 0 Å². The van der Waals surface area contributed by atoms with Gasteiger partial charge in [-0.15, -0.1) is 11.3 Å². The lowest BCUT2D eigenvalue weighted by molar-refractivity contribution is -0.119. The molecule has 7 nitrogen and oxygen atoms in total. The van der Waals surface area contributed by atoms with E-state index in [2.05, 4.69) is 26.7 Å². The predicted molar refractivity (Wildman–Crippen MR) is 127 cm³/mol. The molecule has 0 saturated carbocycles. The topological polar surface area (TPSA) is 93.2 Å². The Hall–Kier alpha value is -3.26. The van der Waals surface area contributed by atoms with Gasteiger partial charge in [-0.2, -0.15) is 0 Å². The first kappa shape index (κ1) is 23.4. The molecule has 0 aliphatic rings. The summed E-state index contributed by atoms with van der Waals surface area (Å²) in [7, 11) is 0. The minimum atomic E-state index is -0.743. The molecule has 1 unspecified atom stereocenters. The van der Waals surface area contributed by atoms with Crippen LogP contribution in [-0.2, 0) is 9.53 Å². The summed E-state index contributed by atoms with van der Waals surface area (Å²) in [6.07, 6.45) is 2.89. The molecule has 0 aliphatic heterocycles. The van der Waals surface area contributed by atoms with E-state index in [0.29, 0.717) is 5.13 Å². The fourth-order valence-corrected chi connectivity index (χ4v) is 3.74. The molecule has 2 heterocycles. The molecule has 168 valence electrons. The lowest BCUT2D eigenvalue weighted by Crippen LogP contribution is -2.48. The zero-order valence-electron chi connectivity index (χ0n) is 18.9. The maximum Gasteiger partial charge on any atom is 0.408 e. The highest BCUT2D eigenvalue weighted by molar-refractivity contribution is 7.14. The number of hydrogen-bond acceptors (Lipinski definition) is 6. The molecule has 32 heavy (non-hydrogen) atoms. The van der Waals surface area contributed by atoms with Crippen LogP contribution in [0.4, 0.5) is 9.93 Å². The second kappa shape index (κ2) is 9.91. The normalized spacial score (nSPS) is 12.3. The highest BCUT2D eigenvalue weighted by Crippen LogP contribution is 2.29. The van der Waals surface area contributed by atoms with Crippen LogP contribution in [0.2, 0.25) is 0 Å². The minimum Gasteiger partial charge on any atom is -0.444 e. The Kier molecular flexibility index (Phi) is 7.25. The molecule has 0 aliphatic carbocycles. The third kappa shape index (κ3) is 6.37. The van der Waals surface area contributed by atoms with E-state index in [-0.39, 0.29) is 11.8 Å². The minimum absolute atomic E-state index is 0.126. The van der Waals surface area contributed by atoms with Crippen LogP contribution in [0.3, 0.4) is 0 Å². The van der Waals surface area contributed by atoms with E-state index in [1.54, 1.807) is 33.2 Å². The van der Waals surface area contributed by atoms with E-state index in [1.165, 1.54) is 11.3 Å². The van der Waals surface area contributed by atoms with Crippen LogP contribution in [0.25, 0.3) is 22.4 Å². The van der Waals surface area contributed by atoms with Gasteiger partial charge < -0.3 is 15.4 Å². The molecule has 2 N–H and O–H groups in total. The van der Waals surface area contributed by atoms with Crippen LogP contribution in [0, 0.1) is 5.92 Å². The van der Waals surface area contributed by atoms with Gasteiger partial charge >= 0.3 is 6.09 Å². The summed E-state index contributed by atoms with van der Waals surface area (Å²) in [6, 6.07) is 11.2. The van der Waals surface area contributed by atoms with Gasteiger partial charge in [-0.1, -0.05) is 32.0 Å². The predicted octanol–water partition coefficient (Wildman–Crippen LogP) is 5.36. The Morgan fingerprint density at radius 3 is 2.38 bits per heavy atom. The van der Waals surface area contributed by atoms with E-state index in [1.807, 2.05) is 49.6 Å². The molecule has 0 radical (unpaired) electrons. The number of hydrogen-bond donors (Lipinski definition) is 2. The first-order valence-electron chi connectivity index (χ1n) is 10.4. The summed E-state index contributed by atoms with van der Waals surface area (Å²) in [6.45, 7) is 9.05. The molecular formula is C24H28N4O3S. The number of rotatable bonds is 6.